The molecule has 2 rings (SSSR count). The maximum Gasteiger partial charge on any atom is 0.119 e. The van der Waals surface area contributed by atoms with Gasteiger partial charge in [0.1, 0.15) is 5.75 Å². The lowest BCUT2D eigenvalue weighted by atomic mass is 9.73. The van der Waals surface area contributed by atoms with E-state index in [0.717, 1.165) is 18.7 Å². The van der Waals surface area contributed by atoms with Crippen LogP contribution in [-0.2, 0) is 5.41 Å². The largest absolute Gasteiger partial charge is 0.497 e. The molecule has 0 spiro atoms. The van der Waals surface area contributed by atoms with E-state index in [4.69, 9.17) is 4.74 Å². The second-order valence-electron chi connectivity index (χ2n) is 5.28. The molecule has 0 aromatic heterocycles. The van der Waals surface area contributed by atoms with Crippen LogP contribution in [0.2, 0.25) is 0 Å². The summed E-state index contributed by atoms with van der Waals surface area (Å²) in [6.45, 7) is 3.27. The molecule has 106 valence electrons. The zero-order valence-corrected chi connectivity index (χ0v) is 12.5. The fraction of sp³-hybridized carbons (Fsp3) is 0.333. The molecular formula is C18H23NO. The lowest BCUT2D eigenvalue weighted by Gasteiger charge is -2.31. The molecule has 0 radical (unpaired) electrons. The summed E-state index contributed by atoms with van der Waals surface area (Å²) in [5.74, 6) is 0.911. The maximum absolute atomic E-state index is 5.37. The van der Waals surface area contributed by atoms with Crippen molar-refractivity contribution in [2.24, 2.45) is 0 Å². The lowest BCUT2D eigenvalue weighted by Crippen LogP contribution is -2.28. The van der Waals surface area contributed by atoms with Crippen LogP contribution in [0.1, 0.15) is 24.5 Å². The topological polar surface area (TPSA) is 21.3 Å². The molecular weight excluding hydrogens is 246 g/mol. The Morgan fingerprint density at radius 1 is 1.00 bits per heavy atom. The molecule has 0 saturated heterocycles. The third-order valence-electron chi connectivity index (χ3n) is 3.99. The number of nitrogens with one attached hydrogen (secondary N) is 1. The highest BCUT2D eigenvalue weighted by Gasteiger charge is 2.28. The normalized spacial score (nSPS) is 13.8. The molecule has 0 aliphatic heterocycles. The number of rotatable bonds is 6. The number of hydrogen-bond donors (Lipinski definition) is 1. The molecule has 2 heteroatoms. The standard InChI is InChI=1S/C18H23NO/c1-18(12-13-19-2,15-8-5-4-6-9-15)16-10-7-11-17(14-16)20-3/h4-11,14,19H,12-13H2,1-3H3/t18-/m0/s1. The van der Waals surface area contributed by atoms with Crippen LogP contribution in [-0.4, -0.2) is 20.7 Å². The first kappa shape index (κ1) is 14.6. The van der Waals surface area contributed by atoms with E-state index in [9.17, 15) is 0 Å². The van der Waals surface area contributed by atoms with Crippen molar-refractivity contribution in [1.82, 2.24) is 5.32 Å². The first-order chi connectivity index (χ1) is 9.70. The van der Waals surface area contributed by atoms with E-state index in [1.54, 1.807) is 7.11 Å². The Hall–Kier alpha value is -1.80. The highest BCUT2D eigenvalue weighted by atomic mass is 16.5. The molecule has 2 nitrogen and oxygen atoms in total. The maximum atomic E-state index is 5.37. The van der Waals surface area contributed by atoms with Crippen molar-refractivity contribution in [2.45, 2.75) is 18.8 Å². The first-order valence-electron chi connectivity index (χ1n) is 7.05. The van der Waals surface area contributed by atoms with E-state index in [2.05, 4.69) is 60.8 Å². The summed E-state index contributed by atoms with van der Waals surface area (Å²) in [6, 6.07) is 19.1. The van der Waals surface area contributed by atoms with Crippen molar-refractivity contribution in [1.29, 1.82) is 0 Å². The van der Waals surface area contributed by atoms with E-state index in [0.29, 0.717) is 0 Å². The fourth-order valence-corrected chi connectivity index (χ4v) is 2.60. The van der Waals surface area contributed by atoms with Crippen molar-refractivity contribution >= 4 is 0 Å². The van der Waals surface area contributed by atoms with Crippen molar-refractivity contribution in [3.05, 3.63) is 65.7 Å². The Kier molecular flexibility index (Phi) is 4.80. The van der Waals surface area contributed by atoms with Crippen molar-refractivity contribution in [2.75, 3.05) is 20.7 Å². The van der Waals surface area contributed by atoms with Gasteiger partial charge in [0.25, 0.3) is 0 Å². The summed E-state index contributed by atoms with van der Waals surface area (Å²) >= 11 is 0. The summed E-state index contributed by atoms with van der Waals surface area (Å²) in [5, 5.41) is 3.26. The number of ether oxygens (including phenoxy) is 1. The van der Waals surface area contributed by atoms with Crippen molar-refractivity contribution in [3.63, 3.8) is 0 Å². The molecule has 0 bridgehead atoms. The monoisotopic (exact) mass is 269 g/mol. The third-order valence-corrected chi connectivity index (χ3v) is 3.99. The number of methoxy groups -OCH3 is 1. The second-order valence-corrected chi connectivity index (χ2v) is 5.28. The molecule has 2 aromatic rings. The van der Waals surface area contributed by atoms with Gasteiger partial charge < -0.3 is 10.1 Å². The van der Waals surface area contributed by atoms with E-state index < -0.39 is 0 Å². The van der Waals surface area contributed by atoms with Crippen molar-refractivity contribution < 1.29 is 4.74 Å². The quantitative estimate of drug-likeness (QED) is 0.865. The average molecular weight is 269 g/mol. The van der Waals surface area contributed by atoms with Crippen LogP contribution >= 0.6 is 0 Å². The van der Waals surface area contributed by atoms with E-state index in [1.807, 2.05) is 13.1 Å². The second kappa shape index (κ2) is 6.58. The highest BCUT2D eigenvalue weighted by molar-refractivity contribution is 5.41. The Labute approximate surface area is 121 Å². The zero-order valence-electron chi connectivity index (χ0n) is 12.5. The van der Waals surface area contributed by atoms with Crippen LogP contribution < -0.4 is 10.1 Å². The summed E-state index contributed by atoms with van der Waals surface area (Å²) in [7, 11) is 3.71. The summed E-state index contributed by atoms with van der Waals surface area (Å²) in [4.78, 5) is 0. The minimum atomic E-state index is -0.0151. The lowest BCUT2D eigenvalue weighted by molar-refractivity contribution is 0.411. The van der Waals surface area contributed by atoms with E-state index >= 15 is 0 Å². The Morgan fingerprint density at radius 3 is 2.35 bits per heavy atom. The molecule has 0 amide bonds. The van der Waals surface area contributed by atoms with Crippen LogP contribution in [0.3, 0.4) is 0 Å². The predicted molar refractivity (Wildman–Crippen MR) is 84.4 cm³/mol. The van der Waals surface area contributed by atoms with Gasteiger partial charge in [-0.3, -0.25) is 0 Å². The first-order valence-corrected chi connectivity index (χ1v) is 7.05. The van der Waals surface area contributed by atoms with Gasteiger partial charge in [0.2, 0.25) is 0 Å². The third kappa shape index (κ3) is 3.02. The molecule has 1 N–H and O–H groups in total. The van der Waals surface area contributed by atoms with Gasteiger partial charge in [0.15, 0.2) is 0 Å². The van der Waals surface area contributed by atoms with Crippen LogP contribution in [0, 0.1) is 0 Å². The van der Waals surface area contributed by atoms with Gasteiger partial charge in [-0.2, -0.15) is 0 Å². The molecule has 0 aliphatic carbocycles. The molecule has 0 saturated carbocycles. The van der Waals surface area contributed by atoms with Gasteiger partial charge in [-0.25, -0.2) is 0 Å². The van der Waals surface area contributed by atoms with E-state index in [1.165, 1.54) is 11.1 Å². The molecule has 2 aromatic carbocycles. The van der Waals surface area contributed by atoms with Crippen LogP contribution in [0.25, 0.3) is 0 Å². The van der Waals surface area contributed by atoms with Crippen molar-refractivity contribution in [3.8, 4) is 5.75 Å². The van der Waals surface area contributed by atoms with Gasteiger partial charge in [0, 0.05) is 5.41 Å². The van der Waals surface area contributed by atoms with Gasteiger partial charge >= 0.3 is 0 Å². The molecule has 1 atom stereocenters. The molecule has 20 heavy (non-hydrogen) atoms. The minimum Gasteiger partial charge on any atom is -0.497 e. The number of hydrogen-bond acceptors (Lipinski definition) is 2. The Balaban J connectivity index is 2.45. The number of benzene rings is 2. The summed E-state index contributed by atoms with van der Waals surface area (Å²) in [5.41, 5.74) is 2.61. The molecule has 0 aliphatic rings. The fourth-order valence-electron chi connectivity index (χ4n) is 2.60. The smallest absolute Gasteiger partial charge is 0.119 e. The van der Waals surface area contributed by atoms with Crippen LogP contribution in [0.4, 0.5) is 0 Å². The molecule has 0 heterocycles. The zero-order chi connectivity index (χ0) is 14.4. The highest BCUT2D eigenvalue weighted by Crippen LogP contribution is 2.36. The Morgan fingerprint density at radius 2 is 1.70 bits per heavy atom. The van der Waals surface area contributed by atoms with Gasteiger partial charge in [-0.15, -0.1) is 0 Å². The average Bonchev–Trinajstić information content (AvgIpc) is 2.53. The van der Waals surface area contributed by atoms with Crippen LogP contribution in [0.5, 0.6) is 5.75 Å². The summed E-state index contributed by atoms with van der Waals surface area (Å²) < 4.78 is 5.37. The van der Waals surface area contributed by atoms with E-state index in [-0.39, 0.29) is 5.41 Å². The Bertz CT molecular complexity index is 538. The predicted octanol–water partition coefficient (Wildman–Crippen LogP) is 3.61. The molecule has 0 unspecified atom stereocenters. The minimum absolute atomic E-state index is 0.0151. The SMILES string of the molecule is CNCC[C@@](C)(c1ccccc1)c1cccc(OC)c1. The van der Waals surface area contributed by atoms with Crippen LogP contribution in [0.15, 0.2) is 54.6 Å². The van der Waals surface area contributed by atoms with Gasteiger partial charge in [-0.1, -0.05) is 49.4 Å². The molecule has 0 fully saturated rings. The summed E-state index contributed by atoms with van der Waals surface area (Å²) in [6.07, 6.45) is 1.04. The van der Waals surface area contributed by atoms with Gasteiger partial charge in [-0.05, 0) is 43.3 Å². The van der Waals surface area contributed by atoms with Gasteiger partial charge in [0.05, 0.1) is 7.11 Å².